The zero-order chi connectivity index (χ0) is 12.4. The topological polar surface area (TPSA) is 66.8 Å². The van der Waals surface area contributed by atoms with Crippen LogP contribution in [0, 0.1) is 6.92 Å². The van der Waals surface area contributed by atoms with Crippen molar-refractivity contribution in [3.8, 4) is 0 Å². The highest BCUT2D eigenvalue weighted by molar-refractivity contribution is 5.94. The van der Waals surface area contributed by atoms with Crippen molar-refractivity contribution < 1.29 is 19.4 Å². The van der Waals surface area contributed by atoms with Crippen molar-refractivity contribution in [2.24, 2.45) is 0 Å². The van der Waals surface area contributed by atoms with E-state index in [0.29, 0.717) is 24.4 Å². The molecular formula is C12H13NO4. The van der Waals surface area contributed by atoms with Gasteiger partial charge in [-0.05, 0) is 31.0 Å². The number of amides is 1. The molecule has 1 heterocycles. The Kier molecular flexibility index (Phi) is 2.99. The van der Waals surface area contributed by atoms with Crippen LogP contribution in [0.1, 0.15) is 22.3 Å². The first kappa shape index (κ1) is 11.4. The van der Waals surface area contributed by atoms with Gasteiger partial charge in [0, 0.05) is 12.2 Å². The normalized spacial score (nSPS) is 15.6. The van der Waals surface area contributed by atoms with E-state index in [4.69, 9.17) is 9.84 Å². The van der Waals surface area contributed by atoms with Gasteiger partial charge in [-0.3, -0.25) is 4.90 Å². The van der Waals surface area contributed by atoms with Crippen LogP contribution in [0.25, 0.3) is 0 Å². The lowest BCUT2D eigenvalue weighted by atomic mass is 10.1. The molecule has 5 heteroatoms. The molecule has 5 nitrogen and oxygen atoms in total. The summed E-state index contributed by atoms with van der Waals surface area (Å²) in [6, 6.07) is 4.93. The predicted molar refractivity (Wildman–Crippen MR) is 61.4 cm³/mol. The van der Waals surface area contributed by atoms with E-state index in [1.54, 1.807) is 19.1 Å². The largest absolute Gasteiger partial charge is 0.478 e. The molecule has 90 valence electrons. The van der Waals surface area contributed by atoms with E-state index in [1.807, 2.05) is 0 Å². The molecule has 0 radical (unpaired) electrons. The summed E-state index contributed by atoms with van der Waals surface area (Å²) < 4.78 is 4.92. The van der Waals surface area contributed by atoms with E-state index in [9.17, 15) is 9.59 Å². The fourth-order valence-corrected chi connectivity index (χ4v) is 1.79. The number of nitrogens with zero attached hydrogens (tertiary/aromatic N) is 1. The Morgan fingerprint density at radius 3 is 2.88 bits per heavy atom. The number of carbonyl (C=O) groups is 2. The summed E-state index contributed by atoms with van der Waals surface area (Å²) in [6.07, 6.45) is 0.332. The van der Waals surface area contributed by atoms with Crippen LogP contribution in [0.15, 0.2) is 18.2 Å². The van der Waals surface area contributed by atoms with Crippen LogP contribution in [0.4, 0.5) is 10.5 Å². The molecule has 0 aromatic heterocycles. The summed E-state index contributed by atoms with van der Waals surface area (Å²) in [7, 11) is 0. The third-order valence-corrected chi connectivity index (χ3v) is 2.74. The molecule has 1 aromatic rings. The molecule has 1 aromatic carbocycles. The van der Waals surface area contributed by atoms with Crippen LogP contribution < -0.4 is 4.90 Å². The number of hydrogen-bond acceptors (Lipinski definition) is 3. The number of cyclic esters (lactones) is 1. The van der Waals surface area contributed by atoms with Crippen molar-refractivity contribution in [3.63, 3.8) is 0 Å². The number of carboxylic acid groups (broad SMARTS) is 1. The number of anilines is 1. The summed E-state index contributed by atoms with van der Waals surface area (Å²) in [5, 5.41) is 9.02. The Morgan fingerprint density at radius 1 is 1.47 bits per heavy atom. The molecule has 0 aliphatic carbocycles. The number of carboxylic acids is 1. The summed E-state index contributed by atoms with van der Waals surface area (Å²) in [5.41, 5.74) is 1.45. The van der Waals surface area contributed by atoms with Gasteiger partial charge in [-0.15, -0.1) is 0 Å². The third kappa shape index (κ3) is 2.22. The minimum Gasteiger partial charge on any atom is -0.478 e. The fourth-order valence-electron chi connectivity index (χ4n) is 1.79. The van der Waals surface area contributed by atoms with Gasteiger partial charge in [-0.2, -0.15) is 0 Å². The van der Waals surface area contributed by atoms with E-state index >= 15 is 0 Å². The molecule has 17 heavy (non-hydrogen) atoms. The molecule has 0 saturated carbocycles. The Morgan fingerprint density at radius 2 is 2.24 bits per heavy atom. The zero-order valence-corrected chi connectivity index (χ0v) is 9.47. The van der Waals surface area contributed by atoms with E-state index in [0.717, 1.165) is 6.42 Å². The molecule has 1 saturated heterocycles. The number of aromatic carboxylic acids is 1. The van der Waals surface area contributed by atoms with Gasteiger partial charge in [-0.25, -0.2) is 9.59 Å². The molecule has 0 spiro atoms. The second kappa shape index (κ2) is 4.45. The van der Waals surface area contributed by atoms with Gasteiger partial charge in [0.05, 0.1) is 12.2 Å². The Bertz CT molecular complexity index is 470. The fraction of sp³-hybridized carbons (Fsp3) is 0.333. The molecule has 0 bridgehead atoms. The average Bonchev–Trinajstić information content (AvgIpc) is 2.30. The van der Waals surface area contributed by atoms with E-state index in [1.165, 1.54) is 11.0 Å². The monoisotopic (exact) mass is 235 g/mol. The van der Waals surface area contributed by atoms with Crippen LogP contribution in [-0.4, -0.2) is 30.3 Å². The van der Waals surface area contributed by atoms with Crippen molar-refractivity contribution in [1.82, 2.24) is 0 Å². The van der Waals surface area contributed by atoms with Gasteiger partial charge in [-0.1, -0.05) is 6.07 Å². The van der Waals surface area contributed by atoms with Gasteiger partial charge in [0.2, 0.25) is 0 Å². The molecule has 1 amide bonds. The van der Waals surface area contributed by atoms with Gasteiger partial charge in [0.15, 0.2) is 0 Å². The van der Waals surface area contributed by atoms with Crippen molar-refractivity contribution in [2.75, 3.05) is 18.1 Å². The highest BCUT2D eigenvalue weighted by Gasteiger charge is 2.22. The number of carbonyl (C=O) groups excluding carboxylic acids is 1. The number of hydrogen-bond donors (Lipinski definition) is 1. The Labute approximate surface area is 98.6 Å². The minimum absolute atomic E-state index is 0.209. The summed E-state index contributed by atoms with van der Waals surface area (Å²) in [5.74, 6) is -0.991. The lowest BCUT2D eigenvalue weighted by molar-refractivity contribution is 0.0696. The first-order chi connectivity index (χ1) is 8.09. The van der Waals surface area contributed by atoms with Crippen LogP contribution in [0.3, 0.4) is 0 Å². The second-order valence-corrected chi connectivity index (χ2v) is 3.92. The number of ether oxygens (including phenoxy) is 1. The lowest BCUT2D eigenvalue weighted by Crippen LogP contribution is -2.37. The highest BCUT2D eigenvalue weighted by atomic mass is 16.6. The maximum atomic E-state index is 11.5. The zero-order valence-electron chi connectivity index (χ0n) is 9.47. The quantitative estimate of drug-likeness (QED) is 0.851. The smallest absolute Gasteiger partial charge is 0.414 e. The first-order valence-electron chi connectivity index (χ1n) is 5.38. The van der Waals surface area contributed by atoms with Gasteiger partial charge < -0.3 is 9.84 Å². The number of rotatable bonds is 2. The van der Waals surface area contributed by atoms with Crippen LogP contribution in [0.2, 0.25) is 0 Å². The SMILES string of the molecule is Cc1ccc(N2CCCOC2=O)cc1C(=O)O. The van der Waals surface area contributed by atoms with Crippen LogP contribution in [0.5, 0.6) is 0 Å². The standard InChI is InChI=1S/C12H13NO4/c1-8-3-4-9(7-10(8)11(14)15)13-5-2-6-17-12(13)16/h3-4,7H,2,5-6H2,1H3,(H,14,15). The van der Waals surface area contributed by atoms with Crippen LogP contribution in [-0.2, 0) is 4.74 Å². The Balaban J connectivity index is 2.35. The van der Waals surface area contributed by atoms with Gasteiger partial charge >= 0.3 is 12.1 Å². The van der Waals surface area contributed by atoms with Crippen molar-refractivity contribution >= 4 is 17.7 Å². The summed E-state index contributed by atoms with van der Waals surface area (Å²) >= 11 is 0. The molecule has 1 aliphatic rings. The second-order valence-electron chi connectivity index (χ2n) is 3.92. The molecular weight excluding hydrogens is 222 g/mol. The van der Waals surface area contributed by atoms with Gasteiger partial charge in [0.1, 0.15) is 0 Å². The van der Waals surface area contributed by atoms with Crippen molar-refractivity contribution in [1.29, 1.82) is 0 Å². The van der Waals surface area contributed by atoms with Gasteiger partial charge in [0.25, 0.3) is 0 Å². The maximum absolute atomic E-state index is 11.5. The summed E-state index contributed by atoms with van der Waals surface area (Å²) in [6.45, 7) is 2.70. The summed E-state index contributed by atoms with van der Waals surface area (Å²) in [4.78, 5) is 24.0. The van der Waals surface area contributed by atoms with E-state index in [2.05, 4.69) is 0 Å². The number of benzene rings is 1. The number of aryl methyl sites for hydroxylation is 1. The van der Waals surface area contributed by atoms with E-state index < -0.39 is 12.1 Å². The molecule has 1 aliphatic heterocycles. The molecule has 2 rings (SSSR count). The van der Waals surface area contributed by atoms with E-state index in [-0.39, 0.29) is 5.56 Å². The average molecular weight is 235 g/mol. The molecule has 0 unspecified atom stereocenters. The molecule has 0 atom stereocenters. The molecule has 1 fully saturated rings. The lowest BCUT2D eigenvalue weighted by Gasteiger charge is -2.26. The highest BCUT2D eigenvalue weighted by Crippen LogP contribution is 2.22. The molecule has 1 N–H and O–H groups in total. The first-order valence-corrected chi connectivity index (χ1v) is 5.38. The third-order valence-electron chi connectivity index (χ3n) is 2.74. The predicted octanol–water partition coefficient (Wildman–Crippen LogP) is 2.04. The van der Waals surface area contributed by atoms with Crippen molar-refractivity contribution in [3.05, 3.63) is 29.3 Å². The maximum Gasteiger partial charge on any atom is 0.414 e. The minimum atomic E-state index is -0.991. The van der Waals surface area contributed by atoms with Crippen LogP contribution >= 0.6 is 0 Å². The Hall–Kier alpha value is -2.04. The van der Waals surface area contributed by atoms with Crippen molar-refractivity contribution in [2.45, 2.75) is 13.3 Å².